The standard InChI is InChI=1S/C28H18O6/c29-23-7-1-17(2-8-23)27(31)33-25-11-5-19-14-22-16-26(12-6-20(22)13-21(19)15-25)34-28(32)18-3-9-24(30)10-4-18/h1-16,29-30H. The molecule has 0 saturated carbocycles. The summed E-state index contributed by atoms with van der Waals surface area (Å²) in [6.07, 6.45) is 0. The van der Waals surface area contributed by atoms with Crippen LogP contribution in [-0.4, -0.2) is 22.2 Å². The summed E-state index contributed by atoms with van der Waals surface area (Å²) in [5.41, 5.74) is 0.677. The van der Waals surface area contributed by atoms with Gasteiger partial charge in [0.2, 0.25) is 0 Å². The molecule has 2 N–H and O–H groups in total. The maximum absolute atomic E-state index is 12.4. The second kappa shape index (κ2) is 8.60. The number of hydrogen-bond acceptors (Lipinski definition) is 6. The van der Waals surface area contributed by atoms with Crippen molar-refractivity contribution < 1.29 is 29.3 Å². The predicted octanol–water partition coefficient (Wildman–Crippen LogP) is 5.84. The molecule has 6 heteroatoms. The third-order valence-corrected chi connectivity index (χ3v) is 5.37. The third-order valence-electron chi connectivity index (χ3n) is 5.37. The molecular weight excluding hydrogens is 432 g/mol. The Morgan fingerprint density at radius 1 is 0.471 bits per heavy atom. The van der Waals surface area contributed by atoms with Crippen molar-refractivity contribution in [2.75, 3.05) is 0 Å². The van der Waals surface area contributed by atoms with Gasteiger partial charge < -0.3 is 19.7 Å². The lowest BCUT2D eigenvalue weighted by atomic mass is 10.0. The minimum Gasteiger partial charge on any atom is -0.508 e. The van der Waals surface area contributed by atoms with Gasteiger partial charge in [-0.2, -0.15) is 0 Å². The molecule has 0 unspecified atom stereocenters. The van der Waals surface area contributed by atoms with Gasteiger partial charge in [0, 0.05) is 0 Å². The molecule has 0 amide bonds. The van der Waals surface area contributed by atoms with E-state index in [4.69, 9.17) is 9.47 Å². The van der Waals surface area contributed by atoms with Crippen molar-refractivity contribution in [1.29, 1.82) is 0 Å². The highest BCUT2D eigenvalue weighted by molar-refractivity contribution is 6.00. The Bertz CT molecular complexity index is 1420. The van der Waals surface area contributed by atoms with Crippen LogP contribution in [0, 0.1) is 0 Å². The van der Waals surface area contributed by atoms with Crippen LogP contribution in [0.3, 0.4) is 0 Å². The molecule has 5 aromatic rings. The first-order chi connectivity index (χ1) is 16.4. The summed E-state index contributed by atoms with van der Waals surface area (Å²) in [6, 6.07) is 26.3. The Labute approximate surface area is 194 Å². The molecule has 0 bridgehead atoms. The highest BCUT2D eigenvalue weighted by Gasteiger charge is 2.11. The van der Waals surface area contributed by atoms with Gasteiger partial charge in [0.1, 0.15) is 23.0 Å². The van der Waals surface area contributed by atoms with Crippen LogP contribution in [0.4, 0.5) is 0 Å². The van der Waals surface area contributed by atoms with Crippen LogP contribution in [0.15, 0.2) is 97.1 Å². The van der Waals surface area contributed by atoms with Crippen LogP contribution in [-0.2, 0) is 0 Å². The Morgan fingerprint density at radius 2 is 0.853 bits per heavy atom. The van der Waals surface area contributed by atoms with Crippen molar-refractivity contribution in [3.63, 3.8) is 0 Å². The fourth-order valence-electron chi connectivity index (χ4n) is 3.61. The topological polar surface area (TPSA) is 93.1 Å². The molecule has 34 heavy (non-hydrogen) atoms. The molecule has 0 aliphatic heterocycles. The fraction of sp³-hybridized carbons (Fsp3) is 0. The molecule has 5 rings (SSSR count). The molecular formula is C28H18O6. The number of benzene rings is 5. The number of esters is 2. The van der Waals surface area contributed by atoms with Gasteiger partial charge in [-0.25, -0.2) is 9.59 Å². The highest BCUT2D eigenvalue weighted by atomic mass is 16.5. The maximum Gasteiger partial charge on any atom is 0.343 e. The van der Waals surface area contributed by atoms with Gasteiger partial charge in [-0.05, 0) is 106 Å². The molecule has 0 aromatic heterocycles. The summed E-state index contributed by atoms with van der Waals surface area (Å²) in [6.45, 7) is 0. The third kappa shape index (κ3) is 4.38. The van der Waals surface area contributed by atoms with Gasteiger partial charge in [0.05, 0.1) is 11.1 Å². The Hall–Kier alpha value is -4.84. The lowest BCUT2D eigenvalue weighted by Crippen LogP contribution is -2.08. The first-order valence-corrected chi connectivity index (χ1v) is 10.4. The van der Waals surface area contributed by atoms with Gasteiger partial charge in [0.15, 0.2) is 0 Å². The van der Waals surface area contributed by atoms with Crippen LogP contribution in [0.1, 0.15) is 20.7 Å². The van der Waals surface area contributed by atoms with E-state index >= 15 is 0 Å². The van der Waals surface area contributed by atoms with E-state index in [9.17, 15) is 19.8 Å². The lowest BCUT2D eigenvalue weighted by molar-refractivity contribution is 0.0725. The Morgan fingerprint density at radius 3 is 1.24 bits per heavy atom. The summed E-state index contributed by atoms with van der Waals surface area (Å²) in [5.74, 6) is -0.0611. The minimum absolute atomic E-state index is 0.0763. The average molecular weight is 450 g/mol. The molecule has 6 nitrogen and oxygen atoms in total. The zero-order valence-electron chi connectivity index (χ0n) is 17.8. The van der Waals surface area contributed by atoms with Crippen molar-refractivity contribution >= 4 is 33.5 Å². The van der Waals surface area contributed by atoms with Crippen LogP contribution in [0.25, 0.3) is 21.5 Å². The number of hydrogen-bond donors (Lipinski definition) is 2. The lowest BCUT2D eigenvalue weighted by Gasteiger charge is -2.09. The molecule has 0 aliphatic carbocycles. The Balaban J connectivity index is 1.38. The van der Waals surface area contributed by atoms with Gasteiger partial charge in [-0.3, -0.25) is 0 Å². The van der Waals surface area contributed by atoms with E-state index in [1.807, 2.05) is 24.3 Å². The van der Waals surface area contributed by atoms with Crippen molar-refractivity contribution in [3.05, 3.63) is 108 Å². The van der Waals surface area contributed by atoms with E-state index < -0.39 is 11.9 Å². The molecule has 0 atom stereocenters. The monoisotopic (exact) mass is 450 g/mol. The quantitative estimate of drug-likeness (QED) is 0.203. The van der Waals surface area contributed by atoms with Crippen LogP contribution in [0.2, 0.25) is 0 Å². The number of phenols is 2. The van der Waals surface area contributed by atoms with Gasteiger partial charge >= 0.3 is 11.9 Å². The number of aromatic hydroxyl groups is 2. The van der Waals surface area contributed by atoms with E-state index in [0.29, 0.717) is 22.6 Å². The molecule has 0 fully saturated rings. The number of ether oxygens (including phenoxy) is 2. The summed E-state index contributed by atoms with van der Waals surface area (Å²) >= 11 is 0. The first kappa shape index (κ1) is 21.0. The normalized spacial score (nSPS) is 10.8. The van der Waals surface area contributed by atoms with E-state index in [1.165, 1.54) is 48.5 Å². The second-order valence-electron chi connectivity index (χ2n) is 7.74. The van der Waals surface area contributed by atoms with Crippen LogP contribution < -0.4 is 9.47 Å². The summed E-state index contributed by atoms with van der Waals surface area (Å²) in [5, 5.41) is 22.4. The molecule has 0 heterocycles. The number of carbonyl (C=O) groups excluding carboxylic acids is 2. The second-order valence-corrected chi connectivity index (χ2v) is 7.74. The predicted molar refractivity (Wildman–Crippen MR) is 128 cm³/mol. The molecule has 5 aromatic carbocycles. The van der Waals surface area contributed by atoms with Crippen molar-refractivity contribution in [2.24, 2.45) is 0 Å². The SMILES string of the molecule is O=C(Oc1ccc2cc3cc(OC(=O)c4ccc(O)cc4)ccc3cc2c1)c1ccc(O)cc1. The first-order valence-electron chi connectivity index (χ1n) is 10.4. The van der Waals surface area contributed by atoms with E-state index in [1.54, 1.807) is 24.3 Å². The number of phenolic OH excluding ortho intramolecular Hbond substituents is 2. The van der Waals surface area contributed by atoms with E-state index in [0.717, 1.165) is 21.5 Å². The Kier molecular flexibility index (Phi) is 5.32. The fourth-order valence-corrected chi connectivity index (χ4v) is 3.61. The van der Waals surface area contributed by atoms with Gasteiger partial charge in [-0.15, -0.1) is 0 Å². The van der Waals surface area contributed by atoms with E-state index in [-0.39, 0.29) is 11.5 Å². The molecule has 0 spiro atoms. The van der Waals surface area contributed by atoms with Gasteiger partial charge in [-0.1, -0.05) is 12.1 Å². The van der Waals surface area contributed by atoms with Crippen molar-refractivity contribution in [3.8, 4) is 23.0 Å². The van der Waals surface area contributed by atoms with E-state index in [2.05, 4.69) is 0 Å². The van der Waals surface area contributed by atoms with Crippen molar-refractivity contribution in [2.45, 2.75) is 0 Å². The zero-order valence-corrected chi connectivity index (χ0v) is 17.8. The summed E-state index contributed by atoms with van der Waals surface area (Å²) in [4.78, 5) is 24.7. The minimum atomic E-state index is -0.514. The largest absolute Gasteiger partial charge is 0.508 e. The van der Waals surface area contributed by atoms with Crippen LogP contribution >= 0.6 is 0 Å². The average Bonchev–Trinajstić information content (AvgIpc) is 2.83. The zero-order chi connectivity index (χ0) is 23.7. The number of carbonyl (C=O) groups is 2. The number of rotatable bonds is 4. The van der Waals surface area contributed by atoms with Crippen molar-refractivity contribution in [1.82, 2.24) is 0 Å². The molecule has 0 aliphatic rings. The number of fused-ring (bicyclic) bond motifs is 2. The van der Waals surface area contributed by atoms with Gasteiger partial charge in [0.25, 0.3) is 0 Å². The highest BCUT2D eigenvalue weighted by Crippen LogP contribution is 2.29. The molecule has 0 radical (unpaired) electrons. The summed E-state index contributed by atoms with van der Waals surface area (Å²) < 4.78 is 11.0. The molecule has 0 saturated heterocycles. The van der Waals surface area contributed by atoms with Crippen LogP contribution in [0.5, 0.6) is 23.0 Å². The molecule has 166 valence electrons. The smallest absolute Gasteiger partial charge is 0.343 e. The maximum atomic E-state index is 12.4. The summed E-state index contributed by atoms with van der Waals surface area (Å²) in [7, 11) is 0.